The van der Waals surface area contributed by atoms with Crippen LogP contribution in [0.4, 0.5) is 0 Å². The van der Waals surface area contributed by atoms with Crippen molar-refractivity contribution in [3.05, 3.63) is 42.4 Å². The first-order chi connectivity index (χ1) is 6.27. The Balaban J connectivity index is 2.52. The third-order valence-electron chi connectivity index (χ3n) is 2.02. The van der Waals surface area contributed by atoms with E-state index in [1.54, 1.807) is 6.33 Å². The molecule has 13 heavy (non-hydrogen) atoms. The van der Waals surface area contributed by atoms with Gasteiger partial charge in [0.2, 0.25) is 0 Å². The Bertz CT molecular complexity index is 418. The maximum atomic E-state index is 5.52. The quantitative estimate of drug-likeness (QED) is 0.665. The number of hydrogen-bond donors (Lipinski definition) is 1. The van der Waals surface area contributed by atoms with E-state index in [4.69, 9.17) is 5.84 Å². The molecule has 2 rings (SSSR count). The lowest BCUT2D eigenvalue weighted by Crippen LogP contribution is -2.02. The summed E-state index contributed by atoms with van der Waals surface area (Å²) in [5, 5.41) is 0. The van der Waals surface area contributed by atoms with Crippen LogP contribution in [0.15, 0.2) is 36.8 Å². The van der Waals surface area contributed by atoms with Crippen molar-refractivity contribution in [1.82, 2.24) is 9.66 Å². The fourth-order valence-electron chi connectivity index (χ4n) is 1.34. The lowest BCUT2D eigenvalue weighted by atomic mass is 10.1. The highest BCUT2D eigenvalue weighted by Crippen LogP contribution is 2.19. The van der Waals surface area contributed by atoms with Crippen LogP contribution in [0.5, 0.6) is 0 Å². The van der Waals surface area contributed by atoms with Crippen molar-refractivity contribution in [3.8, 4) is 11.3 Å². The zero-order valence-electron chi connectivity index (χ0n) is 7.44. The van der Waals surface area contributed by atoms with Crippen molar-refractivity contribution in [2.75, 3.05) is 5.84 Å². The van der Waals surface area contributed by atoms with Crippen LogP contribution in [0.25, 0.3) is 11.3 Å². The molecule has 0 amide bonds. The fourth-order valence-corrected chi connectivity index (χ4v) is 1.34. The van der Waals surface area contributed by atoms with E-state index in [1.165, 1.54) is 10.2 Å². The topological polar surface area (TPSA) is 43.8 Å². The number of aromatic nitrogens is 2. The molecule has 1 aromatic carbocycles. The van der Waals surface area contributed by atoms with E-state index >= 15 is 0 Å². The molecule has 1 heterocycles. The normalized spacial score (nSPS) is 10.2. The number of hydrogen-bond acceptors (Lipinski definition) is 2. The molecule has 2 aromatic rings. The first-order valence-corrected chi connectivity index (χ1v) is 4.12. The number of nitrogen functional groups attached to an aromatic ring is 1. The van der Waals surface area contributed by atoms with Gasteiger partial charge in [0.15, 0.2) is 0 Å². The summed E-state index contributed by atoms with van der Waals surface area (Å²) in [7, 11) is 0. The van der Waals surface area contributed by atoms with Crippen LogP contribution in [-0.4, -0.2) is 9.66 Å². The summed E-state index contributed by atoms with van der Waals surface area (Å²) in [6.07, 6.45) is 3.41. The van der Waals surface area contributed by atoms with E-state index in [0.717, 1.165) is 11.3 Å². The van der Waals surface area contributed by atoms with Gasteiger partial charge in [0.25, 0.3) is 0 Å². The van der Waals surface area contributed by atoms with Crippen molar-refractivity contribution in [3.63, 3.8) is 0 Å². The molecule has 0 fully saturated rings. The smallest absolute Gasteiger partial charge is 0.114 e. The molecule has 0 radical (unpaired) electrons. The maximum Gasteiger partial charge on any atom is 0.114 e. The lowest BCUT2D eigenvalue weighted by Gasteiger charge is -1.99. The lowest BCUT2D eigenvalue weighted by molar-refractivity contribution is 1.00. The summed E-state index contributed by atoms with van der Waals surface area (Å²) in [5.74, 6) is 5.52. The monoisotopic (exact) mass is 173 g/mol. The predicted molar refractivity (Wildman–Crippen MR) is 52.6 cm³/mol. The molecule has 3 nitrogen and oxygen atoms in total. The van der Waals surface area contributed by atoms with Crippen LogP contribution in [-0.2, 0) is 0 Å². The Morgan fingerprint density at radius 1 is 1.31 bits per heavy atom. The molecule has 0 aliphatic carbocycles. The predicted octanol–water partition coefficient (Wildman–Crippen LogP) is 1.57. The third kappa shape index (κ3) is 1.40. The van der Waals surface area contributed by atoms with Crippen molar-refractivity contribution in [1.29, 1.82) is 0 Å². The van der Waals surface area contributed by atoms with Crippen LogP contribution in [0, 0.1) is 6.92 Å². The Morgan fingerprint density at radius 2 is 2.08 bits per heavy atom. The van der Waals surface area contributed by atoms with Crippen molar-refractivity contribution in [2.24, 2.45) is 0 Å². The minimum absolute atomic E-state index is 0.917. The largest absolute Gasteiger partial charge is 0.338 e. The van der Waals surface area contributed by atoms with Gasteiger partial charge in [-0.3, -0.25) is 4.68 Å². The minimum atomic E-state index is 0.917. The number of nitrogens with zero attached hydrogens (tertiary/aromatic N) is 2. The van der Waals surface area contributed by atoms with Gasteiger partial charge in [0.1, 0.15) is 6.33 Å². The molecule has 0 atom stereocenters. The summed E-state index contributed by atoms with van der Waals surface area (Å²) in [6, 6.07) is 8.11. The second kappa shape index (κ2) is 2.94. The minimum Gasteiger partial charge on any atom is -0.338 e. The molecule has 0 saturated carbocycles. The maximum absolute atomic E-state index is 5.52. The molecule has 0 bridgehead atoms. The average molecular weight is 173 g/mol. The molecular weight excluding hydrogens is 162 g/mol. The van der Waals surface area contributed by atoms with Gasteiger partial charge >= 0.3 is 0 Å². The molecule has 0 aliphatic heterocycles. The summed E-state index contributed by atoms with van der Waals surface area (Å²) < 4.78 is 1.46. The van der Waals surface area contributed by atoms with Gasteiger partial charge in [-0.1, -0.05) is 24.3 Å². The highest BCUT2D eigenvalue weighted by Gasteiger charge is 2.02. The molecule has 3 heteroatoms. The number of rotatable bonds is 1. The van der Waals surface area contributed by atoms with E-state index < -0.39 is 0 Å². The second-order valence-corrected chi connectivity index (χ2v) is 3.02. The molecular formula is C10H11N3. The van der Waals surface area contributed by atoms with Gasteiger partial charge in [-0.05, 0) is 12.5 Å². The number of imidazole rings is 1. The summed E-state index contributed by atoms with van der Waals surface area (Å²) in [6.45, 7) is 2.06. The van der Waals surface area contributed by atoms with Gasteiger partial charge in [-0.25, -0.2) is 4.98 Å². The zero-order chi connectivity index (χ0) is 9.26. The van der Waals surface area contributed by atoms with E-state index in [2.05, 4.69) is 18.0 Å². The zero-order valence-corrected chi connectivity index (χ0v) is 7.44. The third-order valence-corrected chi connectivity index (χ3v) is 2.02. The second-order valence-electron chi connectivity index (χ2n) is 3.02. The highest BCUT2D eigenvalue weighted by atomic mass is 15.3. The van der Waals surface area contributed by atoms with Crippen LogP contribution >= 0.6 is 0 Å². The van der Waals surface area contributed by atoms with Gasteiger partial charge in [0, 0.05) is 5.56 Å². The molecule has 2 N–H and O–H groups in total. The van der Waals surface area contributed by atoms with E-state index in [9.17, 15) is 0 Å². The van der Waals surface area contributed by atoms with Crippen molar-refractivity contribution < 1.29 is 0 Å². The molecule has 0 spiro atoms. The Morgan fingerprint density at radius 3 is 2.69 bits per heavy atom. The Hall–Kier alpha value is -1.77. The number of aryl methyl sites for hydroxylation is 1. The number of nitrogens with two attached hydrogens (primary N) is 1. The fraction of sp³-hybridized carbons (Fsp3) is 0.100. The molecule has 0 aliphatic rings. The van der Waals surface area contributed by atoms with Crippen LogP contribution < -0.4 is 5.84 Å². The Labute approximate surface area is 76.8 Å². The van der Waals surface area contributed by atoms with Gasteiger partial charge in [-0.2, -0.15) is 0 Å². The van der Waals surface area contributed by atoms with Crippen LogP contribution in [0.3, 0.4) is 0 Å². The first-order valence-electron chi connectivity index (χ1n) is 4.12. The van der Waals surface area contributed by atoms with Crippen LogP contribution in [0.1, 0.15) is 5.56 Å². The molecule has 66 valence electrons. The molecule has 0 unspecified atom stereocenters. The molecule has 1 aromatic heterocycles. The molecule has 0 saturated heterocycles. The SMILES string of the molecule is Cc1ccccc1-c1cn(N)cn1. The van der Waals surface area contributed by atoms with Gasteiger partial charge in [0.05, 0.1) is 11.9 Å². The van der Waals surface area contributed by atoms with Crippen molar-refractivity contribution >= 4 is 0 Å². The average Bonchev–Trinajstić information content (AvgIpc) is 2.53. The highest BCUT2D eigenvalue weighted by molar-refractivity contribution is 5.62. The van der Waals surface area contributed by atoms with E-state index in [1.807, 2.05) is 24.4 Å². The first kappa shape index (κ1) is 7.86. The standard InChI is InChI=1S/C10H11N3/c1-8-4-2-3-5-9(8)10-6-13(11)7-12-10/h2-7H,11H2,1H3. The number of benzene rings is 1. The Kier molecular flexibility index (Phi) is 1.77. The van der Waals surface area contributed by atoms with Gasteiger partial charge in [-0.15, -0.1) is 0 Å². The summed E-state index contributed by atoms with van der Waals surface area (Å²) in [5.41, 5.74) is 3.26. The van der Waals surface area contributed by atoms with E-state index in [-0.39, 0.29) is 0 Å². The summed E-state index contributed by atoms with van der Waals surface area (Å²) in [4.78, 5) is 4.18. The van der Waals surface area contributed by atoms with Gasteiger partial charge < -0.3 is 5.84 Å². The van der Waals surface area contributed by atoms with E-state index in [0.29, 0.717) is 0 Å². The van der Waals surface area contributed by atoms with Crippen LogP contribution in [0.2, 0.25) is 0 Å². The van der Waals surface area contributed by atoms with Crippen molar-refractivity contribution in [2.45, 2.75) is 6.92 Å². The summed E-state index contributed by atoms with van der Waals surface area (Å²) >= 11 is 0.